The van der Waals surface area contributed by atoms with E-state index >= 15 is 0 Å². The standard InChI is InChI=1S/C10H8Cl2N4O2/c11-5-1-2-7(6(12)3-5)18-9-4-8(13)16(17)10(14)15-9/h1-4H,13H2,(H2,14,15). The Morgan fingerprint density at radius 2 is 1.94 bits per heavy atom. The van der Waals surface area contributed by atoms with Gasteiger partial charge in [0.05, 0.1) is 11.1 Å². The lowest BCUT2D eigenvalue weighted by molar-refractivity contribution is -0.577. The number of nitrogen functional groups attached to an aromatic ring is 2. The minimum Gasteiger partial charge on any atom is -0.754 e. The molecule has 4 N–H and O–H groups in total. The highest BCUT2D eigenvalue weighted by molar-refractivity contribution is 6.35. The van der Waals surface area contributed by atoms with Crippen LogP contribution in [0.4, 0.5) is 11.8 Å². The summed E-state index contributed by atoms with van der Waals surface area (Å²) >= 11 is 11.7. The van der Waals surface area contributed by atoms with Crippen molar-refractivity contribution in [1.29, 1.82) is 0 Å². The summed E-state index contributed by atoms with van der Waals surface area (Å²) in [6.07, 6.45) is 0. The maximum Gasteiger partial charge on any atom is 0.347 e. The van der Waals surface area contributed by atoms with Crippen LogP contribution in [0.25, 0.3) is 0 Å². The number of hydrogen-bond donors (Lipinski definition) is 2. The van der Waals surface area contributed by atoms with Gasteiger partial charge in [-0.25, -0.2) is 4.73 Å². The van der Waals surface area contributed by atoms with E-state index in [0.29, 0.717) is 15.8 Å². The third kappa shape index (κ3) is 2.49. The van der Waals surface area contributed by atoms with Crippen molar-refractivity contribution in [3.05, 3.63) is 39.5 Å². The number of nitrogens with zero attached hydrogens (tertiary/aromatic N) is 2. The minimum absolute atomic E-state index is 0.0707. The van der Waals surface area contributed by atoms with E-state index in [2.05, 4.69) is 4.98 Å². The summed E-state index contributed by atoms with van der Waals surface area (Å²) in [6.45, 7) is 0. The van der Waals surface area contributed by atoms with Crippen LogP contribution in [-0.2, 0) is 0 Å². The van der Waals surface area contributed by atoms with Gasteiger partial charge in [0.2, 0.25) is 0 Å². The van der Waals surface area contributed by atoms with Gasteiger partial charge in [0.1, 0.15) is 5.75 Å². The molecule has 0 aliphatic rings. The summed E-state index contributed by atoms with van der Waals surface area (Å²) in [5.74, 6) is -0.0324. The van der Waals surface area contributed by atoms with Crippen LogP contribution in [-0.4, -0.2) is 4.98 Å². The molecule has 2 rings (SSSR count). The van der Waals surface area contributed by atoms with Crippen LogP contribution >= 0.6 is 23.2 Å². The fourth-order valence-corrected chi connectivity index (χ4v) is 1.68. The third-order valence-electron chi connectivity index (χ3n) is 2.05. The lowest BCUT2D eigenvalue weighted by Gasteiger charge is -2.11. The van der Waals surface area contributed by atoms with Crippen LogP contribution in [0.1, 0.15) is 0 Å². The van der Waals surface area contributed by atoms with Crippen molar-refractivity contribution >= 4 is 35.0 Å². The van der Waals surface area contributed by atoms with Crippen LogP contribution in [0.2, 0.25) is 10.0 Å². The zero-order valence-corrected chi connectivity index (χ0v) is 10.4. The van der Waals surface area contributed by atoms with Crippen molar-refractivity contribution in [1.82, 2.24) is 4.98 Å². The minimum atomic E-state index is -0.310. The summed E-state index contributed by atoms with van der Waals surface area (Å²) in [4.78, 5) is 3.73. The Labute approximate surface area is 112 Å². The van der Waals surface area contributed by atoms with Gasteiger partial charge in [-0.1, -0.05) is 28.2 Å². The zero-order valence-electron chi connectivity index (χ0n) is 8.93. The highest BCUT2D eigenvalue weighted by atomic mass is 35.5. The molecule has 0 aliphatic carbocycles. The normalized spacial score (nSPS) is 10.3. The van der Waals surface area contributed by atoms with Crippen molar-refractivity contribution < 1.29 is 9.47 Å². The van der Waals surface area contributed by atoms with Gasteiger partial charge in [-0.05, 0) is 18.2 Å². The molecule has 0 atom stereocenters. The molecule has 0 aliphatic heterocycles. The van der Waals surface area contributed by atoms with E-state index < -0.39 is 0 Å². The fraction of sp³-hybridized carbons (Fsp3) is 0. The van der Waals surface area contributed by atoms with Gasteiger partial charge < -0.3 is 21.4 Å². The third-order valence-corrected chi connectivity index (χ3v) is 2.58. The van der Waals surface area contributed by atoms with Crippen molar-refractivity contribution in [2.24, 2.45) is 0 Å². The van der Waals surface area contributed by atoms with E-state index in [-0.39, 0.29) is 22.4 Å². The predicted molar refractivity (Wildman–Crippen MR) is 68.6 cm³/mol. The first-order valence-corrected chi connectivity index (χ1v) is 5.51. The topological polar surface area (TPSA) is 101 Å². The smallest absolute Gasteiger partial charge is 0.347 e. The number of halogens is 2. The molecule has 0 fully saturated rings. The van der Waals surface area contributed by atoms with E-state index in [1.54, 1.807) is 12.1 Å². The molecule has 8 heteroatoms. The first-order chi connectivity index (χ1) is 8.47. The Morgan fingerprint density at radius 3 is 2.56 bits per heavy atom. The molecule has 0 saturated heterocycles. The second-order valence-corrected chi connectivity index (χ2v) is 4.19. The van der Waals surface area contributed by atoms with Crippen molar-refractivity contribution in [2.45, 2.75) is 0 Å². The Balaban J connectivity index is 2.34. The number of hydrogen-bond acceptors (Lipinski definition) is 5. The molecule has 0 saturated carbocycles. The zero-order chi connectivity index (χ0) is 13.3. The molecule has 1 aromatic heterocycles. The molecule has 0 unspecified atom stereocenters. The Bertz CT molecular complexity index is 583. The highest BCUT2D eigenvalue weighted by Crippen LogP contribution is 2.31. The second-order valence-electron chi connectivity index (χ2n) is 3.35. The average molecular weight is 287 g/mol. The molecule has 18 heavy (non-hydrogen) atoms. The molecular formula is C10H8Cl2N4O2. The lowest BCUT2D eigenvalue weighted by Crippen LogP contribution is -2.35. The van der Waals surface area contributed by atoms with Crippen molar-refractivity contribution in [3.8, 4) is 11.6 Å². The molecular weight excluding hydrogens is 279 g/mol. The van der Waals surface area contributed by atoms with Crippen molar-refractivity contribution in [2.75, 3.05) is 11.5 Å². The number of anilines is 2. The van der Waals surface area contributed by atoms with Crippen molar-refractivity contribution in [3.63, 3.8) is 0 Å². The van der Waals surface area contributed by atoms with Crippen LogP contribution in [0.5, 0.6) is 11.6 Å². The van der Waals surface area contributed by atoms with Gasteiger partial charge in [0.15, 0.2) is 5.82 Å². The molecule has 2 aromatic rings. The van der Waals surface area contributed by atoms with E-state index in [0.717, 1.165) is 0 Å². The van der Waals surface area contributed by atoms with Gasteiger partial charge in [-0.2, -0.15) is 0 Å². The van der Waals surface area contributed by atoms with E-state index in [1.807, 2.05) is 0 Å². The Kier molecular flexibility index (Phi) is 3.31. The quantitative estimate of drug-likeness (QED) is 0.649. The predicted octanol–water partition coefficient (Wildman–Crippen LogP) is 1.98. The number of rotatable bonds is 2. The van der Waals surface area contributed by atoms with Crippen LogP contribution in [0, 0.1) is 5.21 Å². The second kappa shape index (κ2) is 4.75. The molecule has 0 spiro atoms. The van der Waals surface area contributed by atoms with Gasteiger partial charge in [-0.15, -0.1) is 0 Å². The monoisotopic (exact) mass is 286 g/mol. The van der Waals surface area contributed by atoms with Crippen LogP contribution in [0.15, 0.2) is 24.3 Å². The lowest BCUT2D eigenvalue weighted by atomic mass is 10.3. The van der Waals surface area contributed by atoms with E-state index in [9.17, 15) is 5.21 Å². The highest BCUT2D eigenvalue weighted by Gasteiger charge is 2.11. The fourth-order valence-electron chi connectivity index (χ4n) is 1.23. The first kappa shape index (κ1) is 12.5. The molecule has 6 nitrogen and oxygen atoms in total. The van der Waals surface area contributed by atoms with Gasteiger partial charge in [0, 0.05) is 5.02 Å². The van der Waals surface area contributed by atoms with E-state index in [4.69, 9.17) is 39.4 Å². The Hall–Kier alpha value is -1.92. The molecule has 1 aromatic carbocycles. The van der Waals surface area contributed by atoms with Gasteiger partial charge in [-0.3, -0.25) is 0 Å². The summed E-state index contributed by atoms with van der Waals surface area (Å²) in [5.41, 5.74) is 10.8. The molecule has 1 heterocycles. The summed E-state index contributed by atoms with van der Waals surface area (Å²) in [5, 5.41) is 12.0. The number of nitrogens with two attached hydrogens (primary N) is 2. The molecule has 0 bridgehead atoms. The molecule has 0 radical (unpaired) electrons. The SMILES string of the molecule is Nc1cc(Oc2ccc(Cl)cc2Cl)nc(N)[n+]1[O-]. The summed E-state index contributed by atoms with van der Waals surface area (Å²) < 4.78 is 5.65. The van der Waals surface area contributed by atoms with Gasteiger partial charge >= 0.3 is 5.95 Å². The average Bonchev–Trinajstić information content (AvgIpc) is 2.29. The summed E-state index contributed by atoms with van der Waals surface area (Å²) in [6, 6.07) is 5.93. The van der Waals surface area contributed by atoms with Gasteiger partial charge in [0.25, 0.3) is 5.88 Å². The number of aromatic nitrogens is 2. The maximum atomic E-state index is 11.2. The summed E-state index contributed by atoms with van der Waals surface area (Å²) in [7, 11) is 0. The van der Waals surface area contributed by atoms with Crippen LogP contribution in [0.3, 0.4) is 0 Å². The van der Waals surface area contributed by atoms with Crippen LogP contribution < -0.4 is 20.9 Å². The largest absolute Gasteiger partial charge is 0.754 e. The maximum absolute atomic E-state index is 11.2. The molecule has 94 valence electrons. The number of benzene rings is 1. The first-order valence-electron chi connectivity index (χ1n) is 4.76. The molecule has 0 amide bonds. The number of ether oxygens (including phenoxy) is 1. The Morgan fingerprint density at radius 1 is 1.22 bits per heavy atom. The van der Waals surface area contributed by atoms with E-state index in [1.165, 1.54) is 12.1 Å².